The van der Waals surface area contributed by atoms with Crippen molar-refractivity contribution in [2.75, 3.05) is 27.2 Å². The van der Waals surface area contributed by atoms with Gasteiger partial charge in [0.05, 0.1) is 0 Å². The van der Waals surface area contributed by atoms with Crippen LogP contribution in [-0.4, -0.2) is 65.5 Å². The topological polar surface area (TPSA) is 66.9 Å². The summed E-state index contributed by atoms with van der Waals surface area (Å²) in [5.74, 6) is -0.160. The van der Waals surface area contributed by atoms with Crippen molar-refractivity contribution in [3.8, 4) is 0 Å². The second-order valence-electron chi connectivity index (χ2n) is 4.73. The molecular formula is C13H20N2O4S. The summed E-state index contributed by atoms with van der Waals surface area (Å²) in [6.45, 7) is 5.39. The third-order valence-electron chi connectivity index (χ3n) is 2.88. The van der Waals surface area contributed by atoms with E-state index in [0.29, 0.717) is 13.0 Å². The summed E-state index contributed by atoms with van der Waals surface area (Å²) in [7, 11) is 3.28. The van der Waals surface area contributed by atoms with Crippen LogP contribution in [0.2, 0.25) is 0 Å². The Balaban J connectivity index is 2.80. The summed E-state index contributed by atoms with van der Waals surface area (Å²) >= 11 is 1.16. The SMILES string of the molecule is C=CCOC(=O)N1C[C@@H](SC(C)=O)C[C@H]1C(=O)N(C)C. The number of carbonyl (C=O) groups is 3. The zero-order valence-corrected chi connectivity index (χ0v) is 12.8. The fourth-order valence-electron chi connectivity index (χ4n) is 2.06. The van der Waals surface area contributed by atoms with E-state index < -0.39 is 12.1 Å². The van der Waals surface area contributed by atoms with Gasteiger partial charge < -0.3 is 9.64 Å². The standard InChI is InChI=1S/C13H20N2O4S/c1-5-6-19-13(18)15-8-10(20-9(2)16)7-11(15)12(17)14(3)4/h5,10-11H,1,6-8H2,2-4H3/t10-,11-/m0/s1. The molecule has 1 saturated heterocycles. The van der Waals surface area contributed by atoms with E-state index in [4.69, 9.17) is 4.74 Å². The molecule has 0 bridgehead atoms. The first kappa shape index (κ1) is 16.6. The van der Waals surface area contributed by atoms with E-state index in [2.05, 4.69) is 6.58 Å². The Hall–Kier alpha value is -1.50. The van der Waals surface area contributed by atoms with E-state index in [9.17, 15) is 14.4 Å². The molecule has 2 amide bonds. The molecule has 20 heavy (non-hydrogen) atoms. The molecule has 0 N–H and O–H groups in total. The largest absolute Gasteiger partial charge is 0.445 e. The van der Waals surface area contributed by atoms with Crippen molar-refractivity contribution in [2.45, 2.75) is 24.6 Å². The van der Waals surface area contributed by atoms with E-state index in [0.717, 1.165) is 11.8 Å². The highest BCUT2D eigenvalue weighted by Crippen LogP contribution is 2.29. The van der Waals surface area contributed by atoms with Crippen molar-refractivity contribution >= 4 is 28.9 Å². The molecule has 112 valence electrons. The number of likely N-dealkylation sites (tertiary alicyclic amines) is 1. The number of hydrogen-bond donors (Lipinski definition) is 0. The summed E-state index contributed by atoms with van der Waals surface area (Å²) in [5, 5.41) is -0.0926. The Kier molecular flexibility index (Phi) is 6.06. The average molecular weight is 300 g/mol. The first-order valence-electron chi connectivity index (χ1n) is 6.29. The molecule has 0 aromatic rings. The molecule has 1 fully saturated rings. The lowest BCUT2D eigenvalue weighted by atomic mass is 10.2. The number of ether oxygens (including phenoxy) is 1. The maximum absolute atomic E-state index is 12.1. The maximum atomic E-state index is 12.1. The molecule has 0 unspecified atom stereocenters. The van der Waals surface area contributed by atoms with E-state index in [1.54, 1.807) is 14.1 Å². The molecule has 2 atom stereocenters. The highest BCUT2D eigenvalue weighted by atomic mass is 32.2. The number of nitrogens with zero attached hydrogens (tertiary/aromatic N) is 2. The monoisotopic (exact) mass is 300 g/mol. The van der Waals surface area contributed by atoms with Crippen LogP contribution in [0.1, 0.15) is 13.3 Å². The molecule has 0 aromatic heterocycles. The second-order valence-corrected chi connectivity index (χ2v) is 6.21. The lowest BCUT2D eigenvalue weighted by Crippen LogP contribution is -2.45. The van der Waals surface area contributed by atoms with Crippen LogP contribution in [0.5, 0.6) is 0 Å². The van der Waals surface area contributed by atoms with Crippen LogP contribution in [0.3, 0.4) is 0 Å². The van der Waals surface area contributed by atoms with Crippen molar-refractivity contribution in [3.63, 3.8) is 0 Å². The Morgan fingerprint density at radius 3 is 2.60 bits per heavy atom. The Bertz CT molecular complexity index is 411. The fraction of sp³-hybridized carbons (Fsp3) is 0.615. The van der Waals surface area contributed by atoms with Crippen molar-refractivity contribution in [3.05, 3.63) is 12.7 Å². The van der Waals surface area contributed by atoms with Crippen LogP contribution in [0.4, 0.5) is 4.79 Å². The molecule has 0 radical (unpaired) electrons. The Labute approximate surface area is 123 Å². The molecule has 0 spiro atoms. The van der Waals surface area contributed by atoms with E-state index in [1.165, 1.54) is 22.8 Å². The normalized spacial score (nSPS) is 21.4. The zero-order chi connectivity index (χ0) is 15.3. The predicted octanol–water partition coefficient (Wildman–Crippen LogP) is 1.12. The molecule has 6 nitrogen and oxygen atoms in total. The van der Waals surface area contributed by atoms with Crippen molar-refractivity contribution in [2.24, 2.45) is 0 Å². The molecular weight excluding hydrogens is 280 g/mol. The van der Waals surface area contributed by atoms with Gasteiger partial charge in [-0.15, -0.1) is 0 Å². The van der Waals surface area contributed by atoms with Crippen LogP contribution in [-0.2, 0) is 14.3 Å². The number of carbonyl (C=O) groups excluding carboxylic acids is 3. The zero-order valence-electron chi connectivity index (χ0n) is 12.0. The number of likely N-dealkylation sites (N-methyl/N-ethyl adjacent to an activating group) is 1. The maximum Gasteiger partial charge on any atom is 0.410 e. The van der Waals surface area contributed by atoms with Crippen LogP contribution >= 0.6 is 11.8 Å². The lowest BCUT2D eigenvalue weighted by Gasteiger charge is -2.25. The van der Waals surface area contributed by atoms with Crippen LogP contribution in [0.25, 0.3) is 0 Å². The molecule has 1 rings (SSSR count). The second kappa shape index (κ2) is 7.33. The molecule has 0 aliphatic carbocycles. The van der Waals surface area contributed by atoms with Gasteiger partial charge in [0.25, 0.3) is 0 Å². The smallest absolute Gasteiger partial charge is 0.410 e. The van der Waals surface area contributed by atoms with Gasteiger partial charge in [-0.05, 0) is 6.42 Å². The highest BCUT2D eigenvalue weighted by molar-refractivity contribution is 8.14. The van der Waals surface area contributed by atoms with Crippen molar-refractivity contribution in [1.82, 2.24) is 9.80 Å². The molecule has 0 aromatic carbocycles. The van der Waals surface area contributed by atoms with Gasteiger partial charge in [-0.1, -0.05) is 24.4 Å². The van der Waals surface area contributed by atoms with E-state index in [1.807, 2.05) is 0 Å². The quantitative estimate of drug-likeness (QED) is 0.728. The van der Waals surface area contributed by atoms with Gasteiger partial charge in [-0.3, -0.25) is 14.5 Å². The van der Waals surface area contributed by atoms with Gasteiger partial charge in [0, 0.05) is 32.8 Å². The van der Waals surface area contributed by atoms with Gasteiger partial charge in [-0.2, -0.15) is 0 Å². The van der Waals surface area contributed by atoms with E-state index >= 15 is 0 Å². The predicted molar refractivity (Wildman–Crippen MR) is 77.4 cm³/mol. The number of hydrogen-bond acceptors (Lipinski definition) is 5. The summed E-state index contributed by atoms with van der Waals surface area (Å²) in [6, 6.07) is -0.570. The molecule has 0 saturated carbocycles. The van der Waals surface area contributed by atoms with Gasteiger partial charge in [0.1, 0.15) is 12.6 Å². The van der Waals surface area contributed by atoms with Crippen LogP contribution < -0.4 is 0 Å². The Morgan fingerprint density at radius 2 is 2.10 bits per heavy atom. The minimum absolute atomic E-state index is 0.0210. The average Bonchev–Trinajstić information content (AvgIpc) is 2.77. The first-order valence-corrected chi connectivity index (χ1v) is 7.17. The highest BCUT2D eigenvalue weighted by Gasteiger charge is 2.41. The third kappa shape index (κ3) is 4.26. The van der Waals surface area contributed by atoms with Crippen LogP contribution in [0.15, 0.2) is 12.7 Å². The van der Waals surface area contributed by atoms with Gasteiger partial charge in [-0.25, -0.2) is 4.79 Å². The minimum Gasteiger partial charge on any atom is -0.445 e. The molecule has 1 aliphatic heterocycles. The Morgan fingerprint density at radius 1 is 1.45 bits per heavy atom. The minimum atomic E-state index is -0.570. The van der Waals surface area contributed by atoms with Crippen LogP contribution in [0, 0.1) is 0 Å². The fourth-order valence-corrected chi connectivity index (χ4v) is 3.05. The summed E-state index contributed by atoms with van der Waals surface area (Å²) < 4.78 is 4.99. The van der Waals surface area contributed by atoms with Crippen molar-refractivity contribution in [1.29, 1.82) is 0 Å². The first-order chi connectivity index (χ1) is 9.36. The summed E-state index contributed by atoms with van der Waals surface area (Å²) in [4.78, 5) is 38.1. The van der Waals surface area contributed by atoms with Crippen molar-refractivity contribution < 1.29 is 19.1 Å². The molecule has 1 heterocycles. The molecule has 1 aliphatic rings. The number of thioether (sulfide) groups is 1. The third-order valence-corrected chi connectivity index (χ3v) is 3.89. The molecule has 7 heteroatoms. The lowest BCUT2D eigenvalue weighted by molar-refractivity contribution is -0.133. The number of rotatable bonds is 4. The number of amides is 2. The van der Waals surface area contributed by atoms with Gasteiger partial charge in [0.15, 0.2) is 5.12 Å². The van der Waals surface area contributed by atoms with Gasteiger partial charge in [0.2, 0.25) is 5.91 Å². The van der Waals surface area contributed by atoms with Gasteiger partial charge >= 0.3 is 6.09 Å². The summed E-state index contributed by atoms with van der Waals surface area (Å²) in [5.41, 5.74) is 0. The van der Waals surface area contributed by atoms with E-state index in [-0.39, 0.29) is 22.9 Å². The summed E-state index contributed by atoms with van der Waals surface area (Å²) in [6.07, 6.45) is 1.39.